The average molecular weight is 409 g/mol. The highest BCUT2D eigenvalue weighted by Gasteiger charge is 2.29. The Hall–Kier alpha value is -3.30. The quantitative estimate of drug-likeness (QED) is 0.302. The van der Waals surface area contributed by atoms with Crippen LogP contribution in [0.1, 0.15) is 30.5 Å². The van der Waals surface area contributed by atoms with Gasteiger partial charge in [0.15, 0.2) is 5.84 Å². The predicted molar refractivity (Wildman–Crippen MR) is 103 cm³/mol. The molecule has 29 heavy (non-hydrogen) atoms. The van der Waals surface area contributed by atoms with E-state index in [0.717, 1.165) is 12.1 Å². The van der Waals surface area contributed by atoms with Crippen LogP contribution in [0.4, 0.5) is 13.2 Å². The highest BCUT2D eigenvalue weighted by atomic mass is 19.4. The molecule has 0 radical (unpaired) electrons. The Morgan fingerprint density at radius 2 is 1.90 bits per heavy atom. The molecule has 3 N–H and O–H groups in total. The molecule has 0 atom stereocenters. The Kier molecular flexibility index (Phi) is 7.81. The van der Waals surface area contributed by atoms with E-state index in [-0.39, 0.29) is 13.2 Å². The lowest BCUT2D eigenvalue weighted by molar-refractivity contribution is -0.137. The third-order valence-electron chi connectivity index (χ3n) is 3.76. The van der Waals surface area contributed by atoms with Gasteiger partial charge in [0.05, 0.1) is 11.3 Å². The van der Waals surface area contributed by atoms with Crippen LogP contribution in [0.5, 0.6) is 5.88 Å². The molecule has 0 saturated heterocycles. The van der Waals surface area contributed by atoms with Gasteiger partial charge in [-0.1, -0.05) is 17.3 Å². The van der Waals surface area contributed by atoms with E-state index in [0.29, 0.717) is 35.1 Å². The number of rotatable bonds is 8. The van der Waals surface area contributed by atoms with Crippen molar-refractivity contribution in [3.63, 3.8) is 0 Å². The molecule has 0 aliphatic carbocycles. The number of likely N-dealkylation sites (N-methyl/N-ethyl adjacent to an activating group) is 1. The third-order valence-corrected chi connectivity index (χ3v) is 3.76. The van der Waals surface area contributed by atoms with Crippen LogP contribution in [0.3, 0.4) is 0 Å². The minimum atomic E-state index is -4.36. The van der Waals surface area contributed by atoms with E-state index in [4.69, 9.17) is 15.4 Å². The van der Waals surface area contributed by atoms with Crippen LogP contribution < -0.4 is 15.9 Å². The Balaban J connectivity index is 1.88. The summed E-state index contributed by atoms with van der Waals surface area (Å²) in [6.07, 6.45) is -2.79. The molecule has 0 amide bonds. The molecule has 0 spiro atoms. The summed E-state index contributed by atoms with van der Waals surface area (Å²) in [6.45, 7) is 4.54. The maximum absolute atomic E-state index is 12.6. The van der Waals surface area contributed by atoms with Crippen LogP contribution in [0.2, 0.25) is 0 Å². The molecule has 10 heteroatoms. The first kappa shape index (κ1) is 22.0. The second kappa shape index (κ2) is 10.3. The molecule has 1 heterocycles. The Bertz CT molecular complexity index is 834. The number of halogens is 3. The average Bonchev–Trinajstić information content (AvgIpc) is 2.71. The SMILES string of the molecule is CCN/C(COc1ccc(/C(C)=N/OCc2ccc(C(F)(F)F)cc2)cn1)=N\N. The summed E-state index contributed by atoms with van der Waals surface area (Å²) < 4.78 is 43.1. The van der Waals surface area contributed by atoms with Gasteiger partial charge >= 0.3 is 6.18 Å². The Morgan fingerprint density at radius 1 is 1.17 bits per heavy atom. The molecule has 0 saturated carbocycles. The monoisotopic (exact) mass is 409 g/mol. The summed E-state index contributed by atoms with van der Waals surface area (Å²) in [7, 11) is 0. The molecule has 0 aliphatic rings. The number of benzene rings is 1. The van der Waals surface area contributed by atoms with E-state index in [9.17, 15) is 13.2 Å². The smallest absolute Gasteiger partial charge is 0.416 e. The zero-order valence-electron chi connectivity index (χ0n) is 16.0. The van der Waals surface area contributed by atoms with Gasteiger partial charge in [0, 0.05) is 24.4 Å². The number of nitrogens with zero attached hydrogens (tertiary/aromatic N) is 3. The molecule has 0 fully saturated rings. The summed E-state index contributed by atoms with van der Waals surface area (Å²) in [6, 6.07) is 8.16. The lowest BCUT2D eigenvalue weighted by Crippen LogP contribution is -2.30. The van der Waals surface area contributed by atoms with Crippen molar-refractivity contribution in [3.8, 4) is 5.88 Å². The van der Waals surface area contributed by atoms with Crippen LogP contribution in [-0.2, 0) is 17.6 Å². The van der Waals surface area contributed by atoms with Crippen molar-refractivity contribution in [1.29, 1.82) is 0 Å². The molecule has 1 aromatic carbocycles. The van der Waals surface area contributed by atoms with E-state index in [1.807, 2.05) is 6.92 Å². The minimum Gasteiger partial charge on any atom is -0.469 e. The molecule has 0 unspecified atom stereocenters. The largest absolute Gasteiger partial charge is 0.469 e. The highest BCUT2D eigenvalue weighted by Crippen LogP contribution is 2.29. The number of aromatic nitrogens is 1. The number of hydrogen-bond acceptors (Lipinski definition) is 6. The first-order valence-corrected chi connectivity index (χ1v) is 8.76. The molecule has 7 nitrogen and oxygen atoms in total. The van der Waals surface area contributed by atoms with Gasteiger partial charge in [-0.25, -0.2) is 4.98 Å². The molecule has 0 aliphatic heterocycles. The first-order chi connectivity index (χ1) is 13.8. The van der Waals surface area contributed by atoms with Gasteiger partial charge in [0.2, 0.25) is 5.88 Å². The van der Waals surface area contributed by atoms with Crippen molar-refractivity contribution in [2.24, 2.45) is 16.1 Å². The van der Waals surface area contributed by atoms with Crippen molar-refractivity contribution >= 4 is 11.5 Å². The fourth-order valence-electron chi connectivity index (χ4n) is 2.21. The van der Waals surface area contributed by atoms with E-state index < -0.39 is 11.7 Å². The van der Waals surface area contributed by atoms with Gasteiger partial charge in [0.25, 0.3) is 0 Å². The molecule has 2 rings (SSSR count). The van der Waals surface area contributed by atoms with Crippen molar-refractivity contribution in [3.05, 3.63) is 59.3 Å². The number of ether oxygens (including phenoxy) is 1. The summed E-state index contributed by atoms with van der Waals surface area (Å²) >= 11 is 0. The van der Waals surface area contributed by atoms with E-state index in [1.165, 1.54) is 12.1 Å². The first-order valence-electron chi connectivity index (χ1n) is 8.76. The maximum Gasteiger partial charge on any atom is 0.416 e. The third kappa shape index (κ3) is 6.98. The van der Waals surface area contributed by atoms with Gasteiger partial charge in [-0.2, -0.15) is 18.3 Å². The second-order valence-electron chi connectivity index (χ2n) is 5.92. The number of nitrogens with two attached hydrogens (primary N) is 1. The Labute approximate surface area is 166 Å². The van der Waals surface area contributed by atoms with Crippen LogP contribution in [0.15, 0.2) is 52.9 Å². The molecular weight excluding hydrogens is 387 g/mol. The van der Waals surface area contributed by atoms with Gasteiger partial charge in [-0.05, 0) is 37.6 Å². The van der Waals surface area contributed by atoms with Crippen LogP contribution in [0, 0.1) is 0 Å². The van der Waals surface area contributed by atoms with Gasteiger partial charge in [0.1, 0.15) is 13.2 Å². The molecule has 1 aromatic heterocycles. The van der Waals surface area contributed by atoms with Crippen LogP contribution in [-0.4, -0.2) is 29.7 Å². The summed E-state index contributed by atoms with van der Waals surface area (Å²) in [4.78, 5) is 9.40. The normalized spacial score (nSPS) is 12.6. The standard InChI is InChI=1S/C19H22F3N5O2/c1-3-24-17(26-23)12-28-18-9-6-15(10-25-18)13(2)27-29-11-14-4-7-16(8-5-14)19(20,21)22/h4-10H,3,11-12,23H2,1-2H3,(H,24,26)/b27-13+. The second-order valence-corrected chi connectivity index (χ2v) is 5.92. The lowest BCUT2D eigenvalue weighted by atomic mass is 10.1. The van der Waals surface area contributed by atoms with Crippen molar-refractivity contribution in [2.75, 3.05) is 13.2 Å². The predicted octanol–water partition coefficient (Wildman–Crippen LogP) is 3.30. The number of nitrogens with one attached hydrogen (secondary N) is 1. The van der Waals surface area contributed by atoms with E-state index in [1.54, 1.807) is 25.3 Å². The maximum atomic E-state index is 12.6. The molecular formula is C19H22F3N5O2. The zero-order chi connectivity index (χ0) is 21.3. The number of pyridine rings is 1. The number of hydrogen-bond donors (Lipinski definition) is 2. The minimum absolute atomic E-state index is 0.0513. The number of oxime groups is 1. The highest BCUT2D eigenvalue weighted by molar-refractivity contribution is 5.98. The summed E-state index contributed by atoms with van der Waals surface area (Å²) in [5.41, 5.74) is 1.15. The van der Waals surface area contributed by atoms with Gasteiger partial charge in [-0.3, -0.25) is 0 Å². The molecule has 2 aromatic rings. The number of alkyl halides is 3. The lowest BCUT2D eigenvalue weighted by Gasteiger charge is -2.09. The fraction of sp³-hybridized carbons (Fsp3) is 0.316. The summed E-state index contributed by atoms with van der Waals surface area (Å²) in [5.74, 6) is 6.15. The van der Waals surface area contributed by atoms with E-state index >= 15 is 0 Å². The zero-order valence-corrected chi connectivity index (χ0v) is 16.0. The van der Waals surface area contributed by atoms with Crippen molar-refractivity contribution in [1.82, 2.24) is 10.3 Å². The van der Waals surface area contributed by atoms with Crippen molar-refractivity contribution < 1.29 is 22.7 Å². The van der Waals surface area contributed by atoms with Crippen LogP contribution in [0.25, 0.3) is 0 Å². The number of amidine groups is 1. The fourth-order valence-corrected chi connectivity index (χ4v) is 2.21. The topological polar surface area (TPSA) is 94.1 Å². The number of hydrazone groups is 1. The summed E-state index contributed by atoms with van der Waals surface area (Å²) in [5, 5.41) is 10.5. The Morgan fingerprint density at radius 3 is 2.45 bits per heavy atom. The van der Waals surface area contributed by atoms with Gasteiger partial charge < -0.3 is 20.7 Å². The van der Waals surface area contributed by atoms with E-state index in [2.05, 4.69) is 20.6 Å². The van der Waals surface area contributed by atoms with Crippen molar-refractivity contribution in [2.45, 2.75) is 26.6 Å². The molecule has 0 bridgehead atoms. The molecule has 156 valence electrons. The van der Waals surface area contributed by atoms with Crippen LogP contribution >= 0.6 is 0 Å². The van der Waals surface area contributed by atoms with Gasteiger partial charge in [-0.15, -0.1) is 0 Å².